The molecule has 0 heterocycles. The average Bonchev–Trinajstić information content (AvgIpc) is 2.43. The van der Waals surface area contributed by atoms with E-state index in [4.69, 9.17) is 0 Å². The van der Waals surface area contributed by atoms with Crippen molar-refractivity contribution in [3.8, 4) is 11.5 Å². The highest BCUT2D eigenvalue weighted by atomic mass is 19.1. The Balaban J connectivity index is 1.86. The Morgan fingerprint density at radius 2 is 1.65 bits per heavy atom. The van der Waals surface area contributed by atoms with Gasteiger partial charge in [0.05, 0.1) is 0 Å². The average molecular weight is 275 g/mol. The second-order valence-electron chi connectivity index (χ2n) is 4.94. The SMILES string of the molecule is CC(Cc1ccc(F)cc1)NCc1ccc(O)c(O)c1. The number of hydrogen-bond donors (Lipinski definition) is 3. The second kappa shape index (κ2) is 6.39. The summed E-state index contributed by atoms with van der Waals surface area (Å²) in [5.74, 6) is -0.461. The molecule has 3 N–H and O–H groups in total. The van der Waals surface area contributed by atoms with Gasteiger partial charge in [0.2, 0.25) is 0 Å². The number of hydrogen-bond acceptors (Lipinski definition) is 3. The number of aromatic hydroxyl groups is 2. The van der Waals surface area contributed by atoms with Gasteiger partial charge in [-0.3, -0.25) is 0 Å². The molecular weight excluding hydrogens is 257 g/mol. The minimum absolute atomic E-state index is 0.115. The van der Waals surface area contributed by atoms with Crippen molar-refractivity contribution in [2.24, 2.45) is 0 Å². The maximum atomic E-state index is 12.8. The highest BCUT2D eigenvalue weighted by molar-refractivity contribution is 5.40. The lowest BCUT2D eigenvalue weighted by Gasteiger charge is -2.14. The van der Waals surface area contributed by atoms with E-state index in [2.05, 4.69) is 5.32 Å². The lowest BCUT2D eigenvalue weighted by atomic mass is 10.1. The molecule has 0 aromatic heterocycles. The molecule has 106 valence electrons. The van der Waals surface area contributed by atoms with E-state index in [1.165, 1.54) is 24.3 Å². The fourth-order valence-electron chi connectivity index (χ4n) is 2.02. The highest BCUT2D eigenvalue weighted by Crippen LogP contribution is 2.24. The first-order valence-corrected chi connectivity index (χ1v) is 6.53. The molecule has 0 fully saturated rings. The van der Waals surface area contributed by atoms with Crippen molar-refractivity contribution in [2.45, 2.75) is 25.9 Å². The molecule has 4 heteroatoms. The van der Waals surface area contributed by atoms with Gasteiger partial charge in [0.1, 0.15) is 5.82 Å². The van der Waals surface area contributed by atoms with Gasteiger partial charge in [0.15, 0.2) is 11.5 Å². The third-order valence-electron chi connectivity index (χ3n) is 3.15. The van der Waals surface area contributed by atoms with E-state index in [1.807, 2.05) is 6.92 Å². The van der Waals surface area contributed by atoms with Crippen LogP contribution < -0.4 is 5.32 Å². The van der Waals surface area contributed by atoms with E-state index in [0.717, 1.165) is 17.5 Å². The summed E-state index contributed by atoms with van der Waals surface area (Å²) >= 11 is 0. The monoisotopic (exact) mass is 275 g/mol. The van der Waals surface area contributed by atoms with Gasteiger partial charge in [0.25, 0.3) is 0 Å². The lowest BCUT2D eigenvalue weighted by molar-refractivity contribution is 0.402. The Morgan fingerprint density at radius 1 is 1.00 bits per heavy atom. The normalized spacial score (nSPS) is 12.3. The lowest BCUT2D eigenvalue weighted by Crippen LogP contribution is -2.27. The minimum Gasteiger partial charge on any atom is -0.504 e. The van der Waals surface area contributed by atoms with Gasteiger partial charge in [-0.25, -0.2) is 4.39 Å². The maximum absolute atomic E-state index is 12.8. The second-order valence-corrected chi connectivity index (χ2v) is 4.94. The molecule has 2 rings (SSSR count). The van der Waals surface area contributed by atoms with Gasteiger partial charge < -0.3 is 15.5 Å². The predicted octanol–water partition coefficient (Wildman–Crippen LogP) is 2.96. The molecule has 20 heavy (non-hydrogen) atoms. The van der Waals surface area contributed by atoms with Crippen LogP contribution in [-0.2, 0) is 13.0 Å². The molecule has 2 aromatic carbocycles. The summed E-state index contributed by atoms with van der Waals surface area (Å²) in [4.78, 5) is 0. The molecule has 0 aliphatic heterocycles. The molecule has 0 saturated carbocycles. The molecule has 0 aliphatic rings. The number of halogens is 1. The van der Waals surface area contributed by atoms with Crippen molar-refractivity contribution < 1.29 is 14.6 Å². The molecule has 1 unspecified atom stereocenters. The summed E-state index contributed by atoms with van der Waals surface area (Å²) in [6, 6.07) is 11.5. The Hall–Kier alpha value is -2.07. The fourth-order valence-corrected chi connectivity index (χ4v) is 2.02. The molecule has 2 aromatic rings. The Kier molecular flexibility index (Phi) is 4.58. The van der Waals surface area contributed by atoms with Crippen LogP contribution in [0.1, 0.15) is 18.1 Å². The van der Waals surface area contributed by atoms with E-state index >= 15 is 0 Å². The minimum atomic E-state index is -0.228. The van der Waals surface area contributed by atoms with Crippen LogP contribution in [0.4, 0.5) is 4.39 Å². The van der Waals surface area contributed by atoms with Gasteiger partial charge in [-0.1, -0.05) is 18.2 Å². The Bertz CT molecular complexity index is 569. The smallest absolute Gasteiger partial charge is 0.157 e. The first-order chi connectivity index (χ1) is 9.54. The molecular formula is C16H18FNO2. The number of phenolic OH excluding ortho intramolecular Hbond substituents is 2. The van der Waals surface area contributed by atoms with Gasteiger partial charge >= 0.3 is 0 Å². The summed E-state index contributed by atoms with van der Waals surface area (Å²) in [6.07, 6.45) is 0.796. The van der Waals surface area contributed by atoms with Crippen LogP contribution in [0, 0.1) is 5.82 Å². The topological polar surface area (TPSA) is 52.5 Å². The molecule has 1 atom stereocenters. The van der Waals surface area contributed by atoms with Crippen molar-refractivity contribution >= 4 is 0 Å². The predicted molar refractivity (Wildman–Crippen MR) is 76.2 cm³/mol. The molecule has 3 nitrogen and oxygen atoms in total. The maximum Gasteiger partial charge on any atom is 0.157 e. The highest BCUT2D eigenvalue weighted by Gasteiger charge is 2.05. The zero-order chi connectivity index (χ0) is 14.5. The third kappa shape index (κ3) is 3.96. The quantitative estimate of drug-likeness (QED) is 0.735. The molecule has 0 saturated heterocycles. The third-order valence-corrected chi connectivity index (χ3v) is 3.15. The van der Waals surface area contributed by atoms with Gasteiger partial charge in [0, 0.05) is 12.6 Å². The van der Waals surface area contributed by atoms with Crippen LogP contribution in [-0.4, -0.2) is 16.3 Å². The van der Waals surface area contributed by atoms with E-state index in [0.29, 0.717) is 6.54 Å². The largest absolute Gasteiger partial charge is 0.504 e. The van der Waals surface area contributed by atoms with Crippen molar-refractivity contribution in [1.29, 1.82) is 0 Å². The Morgan fingerprint density at radius 3 is 2.30 bits per heavy atom. The summed E-state index contributed by atoms with van der Waals surface area (Å²) in [6.45, 7) is 2.64. The summed E-state index contributed by atoms with van der Waals surface area (Å²) in [5, 5.41) is 22.0. The molecule has 0 radical (unpaired) electrons. The van der Waals surface area contributed by atoms with Crippen LogP contribution in [0.3, 0.4) is 0 Å². The van der Waals surface area contributed by atoms with E-state index in [9.17, 15) is 14.6 Å². The fraction of sp³-hybridized carbons (Fsp3) is 0.250. The molecule has 0 spiro atoms. The number of benzene rings is 2. The van der Waals surface area contributed by atoms with Crippen molar-refractivity contribution in [3.63, 3.8) is 0 Å². The van der Waals surface area contributed by atoms with Gasteiger partial charge in [-0.2, -0.15) is 0 Å². The first-order valence-electron chi connectivity index (χ1n) is 6.53. The van der Waals surface area contributed by atoms with Crippen molar-refractivity contribution in [1.82, 2.24) is 5.32 Å². The summed E-state index contributed by atoms with van der Waals surface area (Å²) < 4.78 is 12.8. The van der Waals surface area contributed by atoms with Gasteiger partial charge in [-0.05, 0) is 48.7 Å². The van der Waals surface area contributed by atoms with Crippen LogP contribution in [0.2, 0.25) is 0 Å². The van der Waals surface area contributed by atoms with Crippen LogP contribution >= 0.6 is 0 Å². The summed E-state index contributed by atoms with van der Waals surface area (Å²) in [5.41, 5.74) is 1.96. The zero-order valence-corrected chi connectivity index (χ0v) is 11.3. The van der Waals surface area contributed by atoms with E-state index < -0.39 is 0 Å². The van der Waals surface area contributed by atoms with E-state index in [1.54, 1.807) is 18.2 Å². The van der Waals surface area contributed by atoms with Crippen LogP contribution in [0.25, 0.3) is 0 Å². The van der Waals surface area contributed by atoms with E-state index in [-0.39, 0.29) is 23.4 Å². The number of rotatable bonds is 5. The molecule has 0 bridgehead atoms. The Labute approximate surface area is 117 Å². The molecule has 0 amide bonds. The number of phenols is 2. The first kappa shape index (κ1) is 14.3. The summed E-state index contributed by atoms with van der Waals surface area (Å²) in [7, 11) is 0. The van der Waals surface area contributed by atoms with Crippen molar-refractivity contribution in [2.75, 3.05) is 0 Å². The van der Waals surface area contributed by atoms with Gasteiger partial charge in [-0.15, -0.1) is 0 Å². The molecule has 0 aliphatic carbocycles. The van der Waals surface area contributed by atoms with Crippen LogP contribution in [0.5, 0.6) is 11.5 Å². The standard InChI is InChI=1S/C16H18FNO2/c1-11(8-12-2-5-14(17)6-3-12)18-10-13-4-7-15(19)16(20)9-13/h2-7,9,11,18-20H,8,10H2,1H3. The van der Waals surface area contributed by atoms with Crippen molar-refractivity contribution in [3.05, 3.63) is 59.4 Å². The van der Waals surface area contributed by atoms with Crippen LogP contribution in [0.15, 0.2) is 42.5 Å². The zero-order valence-electron chi connectivity index (χ0n) is 11.3. The number of nitrogens with one attached hydrogen (secondary N) is 1.